The first-order valence-electron chi connectivity index (χ1n) is 11.2. The minimum Gasteiger partial charge on any atom is -0.371 e. The van der Waals surface area contributed by atoms with Crippen LogP contribution in [0.4, 0.5) is 11.4 Å². The number of amides is 2. The lowest BCUT2D eigenvalue weighted by molar-refractivity contribution is 0.0793. The van der Waals surface area contributed by atoms with Crippen molar-refractivity contribution in [2.24, 2.45) is 0 Å². The van der Waals surface area contributed by atoms with Crippen molar-refractivity contribution in [1.82, 2.24) is 4.90 Å². The molecule has 0 aromatic heterocycles. The average molecular weight is 406 g/mol. The Morgan fingerprint density at radius 2 is 1.53 bits per heavy atom. The van der Waals surface area contributed by atoms with Crippen molar-refractivity contribution in [2.75, 3.05) is 36.4 Å². The minimum absolute atomic E-state index is 0.0801. The predicted molar refractivity (Wildman–Crippen MR) is 121 cm³/mol. The third kappa shape index (κ3) is 4.50. The molecule has 5 heteroatoms. The lowest BCUT2D eigenvalue weighted by Gasteiger charge is -2.31. The van der Waals surface area contributed by atoms with Crippen molar-refractivity contribution < 1.29 is 9.59 Å². The first-order chi connectivity index (χ1) is 14.7. The summed E-state index contributed by atoms with van der Waals surface area (Å²) in [6.45, 7) is 5.70. The molecule has 0 bridgehead atoms. The topological polar surface area (TPSA) is 52.7 Å². The van der Waals surface area contributed by atoms with Crippen molar-refractivity contribution in [3.05, 3.63) is 59.2 Å². The molecule has 0 aliphatic carbocycles. The zero-order chi connectivity index (χ0) is 20.9. The highest BCUT2D eigenvalue weighted by atomic mass is 16.2. The molecule has 5 nitrogen and oxygen atoms in total. The maximum absolute atomic E-state index is 13.3. The molecule has 1 N–H and O–H groups in total. The summed E-state index contributed by atoms with van der Waals surface area (Å²) >= 11 is 0. The Labute approximate surface area is 179 Å². The zero-order valence-corrected chi connectivity index (χ0v) is 17.8. The van der Waals surface area contributed by atoms with E-state index in [9.17, 15) is 9.59 Å². The van der Waals surface area contributed by atoms with Gasteiger partial charge in [0.1, 0.15) is 0 Å². The third-order valence-corrected chi connectivity index (χ3v) is 6.20. The Balaban J connectivity index is 1.59. The minimum atomic E-state index is -0.150. The van der Waals surface area contributed by atoms with E-state index in [0.717, 1.165) is 64.0 Å². The van der Waals surface area contributed by atoms with Crippen LogP contribution in [0.25, 0.3) is 0 Å². The predicted octanol–water partition coefficient (Wildman–Crippen LogP) is 4.73. The zero-order valence-electron chi connectivity index (χ0n) is 17.8. The number of likely N-dealkylation sites (tertiary alicyclic amines) is 1. The molecule has 30 heavy (non-hydrogen) atoms. The van der Waals surface area contributed by atoms with Crippen LogP contribution in [0.1, 0.15) is 65.3 Å². The molecule has 158 valence electrons. The fourth-order valence-corrected chi connectivity index (χ4v) is 4.38. The van der Waals surface area contributed by atoms with Crippen molar-refractivity contribution in [2.45, 2.75) is 45.4 Å². The maximum atomic E-state index is 13.3. The number of piperidine rings is 1. The van der Waals surface area contributed by atoms with E-state index in [1.165, 1.54) is 12.0 Å². The second-order valence-electron chi connectivity index (χ2n) is 8.28. The summed E-state index contributed by atoms with van der Waals surface area (Å²) in [5, 5.41) is 2.98. The van der Waals surface area contributed by atoms with Gasteiger partial charge in [-0.1, -0.05) is 19.1 Å². The van der Waals surface area contributed by atoms with Gasteiger partial charge in [-0.3, -0.25) is 9.59 Å². The van der Waals surface area contributed by atoms with Gasteiger partial charge in [0.05, 0.1) is 5.56 Å². The number of carbonyl (C=O) groups excluding carboxylic acids is 2. The summed E-state index contributed by atoms with van der Waals surface area (Å²) in [6, 6.07) is 13.5. The van der Waals surface area contributed by atoms with Crippen molar-refractivity contribution in [1.29, 1.82) is 0 Å². The number of hydrogen-bond donors (Lipinski definition) is 1. The molecule has 0 atom stereocenters. The standard InChI is InChI=1S/C25H31N3O2/c1-2-19-8-10-20(11-9-19)24(29)26-21-12-13-23(27-14-4-3-5-15-27)22(18-21)25(30)28-16-6-7-17-28/h8-13,18H,2-7,14-17H2,1H3,(H,26,29). The molecular weight excluding hydrogens is 374 g/mol. The van der Waals surface area contributed by atoms with Crippen LogP contribution in [0.3, 0.4) is 0 Å². The molecule has 2 fully saturated rings. The van der Waals surface area contributed by atoms with Gasteiger partial charge in [0.15, 0.2) is 0 Å². The average Bonchev–Trinajstić information content (AvgIpc) is 3.34. The van der Waals surface area contributed by atoms with Gasteiger partial charge in [-0.05, 0) is 74.4 Å². The fourth-order valence-electron chi connectivity index (χ4n) is 4.38. The molecular formula is C25H31N3O2. The third-order valence-electron chi connectivity index (χ3n) is 6.20. The van der Waals surface area contributed by atoms with Crippen LogP contribution in [0.15, 0.2) is 42.5 Å². The number of nitrogens with one attached hydrogen (secondary N) is 1. The highest BCUT2D eigenvalue weighted by Crippen LogP contribution is 2.29. The molecule has 4 rings (SSSR count). The van der Waals surface area contributed by atoms with Crippen molar-refractivity contribution in [3.63, 3.8) is 0 Å². The highest BCUT2D eigenvalue weighted by molar-refractivity contribution is 6.06. The molecule has 0 radical (unpaired) electrons. The van der Waals surface area contributed by atoms with E-state index in [1.807, 2.05) is 47.4 Å². The van der Waals surface area contributed by atoms with Gasteiger partial charge in [-0.2, -0.15) is 0 Å². The maximum Gasteiger partial charge on any atom is 0.256 e. The summed E-state index contributed by atoms with van der Waals surface area (Å²) in [5.41, 5.74) is 4.20. The number of benzene rings is 2. The van der Waals surface area contributed by atoms with Crippen LogP contribution in [0.5, 0.6) is 0 Å². The summed E-state index contributed by atoms with van der Waals surface area (Å²) in [7, 11) is 0. The Morgan fingerprint density at radius 3 is 2.20 bits per heavy atom. The first kappa shape index (κ1) is 20.5. The first-order valence-corrected chi connectivity index (χ1v) is 11.2. The van der Waals surface area contributed by atoms with Gasteiger partial charge >= 0.3 is 0 Å². The number of hydrogen-bond acceptors (Lipinski definition) is 3. The second-order valence-corrected chi connectivity index (χ2v) is 8.28. The molecule has 2 saturated heterocycles. The van der Waals surface area contributed by atoms with Gasteiger partial charge in [0.2, 0.25) is 0 Å². The second kappa shape index (κ2) is 9.33. The molecule has 0 unspecified atom stereocenters. The molecule has 0 saturated carbocycles. The van der Waals surface area contributed by atoms with Gasteiger partial charge in [-0.25, -0.2) is 0 Å². The normalized spacial score (nSPS) is 16.6. The van der Waals surface area contributed by atoms with Crippen LogP contribution in [0.2, 0.25) is 0 Å². The quantitative estimate of drug-likeness (QED) is 0.783. The van der Waals surface area contributed by atoms with Gasteiger partial charge in [0, 0.05) is 43.1 Å². The molecule has 2 aliphatic rings. The van der Waals surface area contributed by atoms with Crippen LogP contribution in [-0.2, 0) is 6.42 Å². The van der Waals surface area contributed by atoms with Crippen LogP contribution in [-0.4, -0.2) is 42.9 Å². The smallest absolute Gasteiger partial charge is 0.256 e. The molecule has 2 aromatic rings. The Kier molecular flexibility index (Phi) is 6.36. The van der Waals surface area contributed by atoms with Gasteiger partial charge < -0.3 is 15.1 Å². The monoisotopic (exact) mass is 405 g/mol. The van der Waals surface area contributed by atoms with E-state index in [4.69, 9.17) is 0 Å². The van der Waals surface area contributed by atoms with Crippen LogP contribution < -0.4 is 10.2 Å². The van der Waals surface area contributed by atoms with E-state index < -0.39 is 0 Å². The van der Waals surface area contributed by atoms with Crippen LogP contribution in [0, 0.1) is 0 Å². The lowest BCUT2D eigenvalue weighted by atomic mass is 10.0. The van der Waals surface area contributed by atoms with E-state index in [-0.39, 0.29) is 11.8 Å². The molecule has 2 amide bonds. The fraction of sp³-hybridized carbons (Fsp3) is 0.440. The molecule has 2 aliphatic heterocycles. The SMILES string of the molecule is CCc1ccc(C(=O)Nc2ccc(N3CCCCC3)c(C(=O)N3CCCC3)c2)cc1. The number of rotatable bonds is 5. The number of nitrogens with zero attached hydrogens (tertiary/aromatic N) is 2. The number of carbonyl (C=O) groups is 2. The summed E-state index contributed by atoms with van der Waals surface area (Å²) in [5.74, 6) is -0.0700. The van der Waals surface area contributed by atoms with Gasteiger partial charge in [-0.15, -0.1) is 0 Å². The Bertz CT molecular complexity index is 895. The van der Waals surface area contributed by atoms with Crippen LogP contribution >= 0.6 is 0 Å². The Hall–Kier alpha value is -2.82. The van der Waals surface area contributed by atoms with E-state index in [0.29, 0.717) is 16.8 Å². The number of anilines is 2. The van der Waals surface area contributed by atoms with E-state index in [1.54, 1.807) is 0 Å². The van der Waals surface area contributed by atoms with E-state index in [2.05, 4.69) is 17.1 Å². The largest absolute Gasteiger partial charge is 0.371 e. The summed E-state index contributed by atoms with van der Waals surface area (Å²) < 4.78 is 0. The summed E-state index contributed by atoms with van der Waals surface area (Å²) in [6.07, 6.45) is 6.63. The lowest BCUT2D eigenvalue weighted by Crippen LogP contribution is -2.34. The van der Waals surface area contributed by atoms with Gasteiger partial charge in [0.25, 0.3) is 11.8 Å². The molecule has 2 heterocycles. The van der Waals surface area contributed by atoms with Crippen molar-refractivity contribution >= 4 is 23.2 Å². The Morgan fingerprint density at radius 1 is 0.867 bits per heavy atom. The highest BCUT2D eigenvalue weighted by Gasteiger charge is 2.25. The molecule has 0 spiro atoms. The number of aryl methyl sites for hydroxylation is 1. The van der Waals surface area contributed by atoms with Crippen molar-refractivity contribution in [3.8, 4) is 0 Å². The molecule has 2 aromatic carbocycles. The summed E-state index contributed by atoms with van der Waals surface area (Å²) in [4.78, 5) is 30.3. The van der Waals surface area contributed by atoms with E-state index >= 15 is 0 Å².